The summed E-state index contributed by atoms with van der Waals surface area (Å²) >= 11 is -1.53. The molecule has 0 aliphatic carbocycles. The van der Waals surface area contributed by atoms with Crippen LogP contribution in [0.4, 0.5) is 0 Å². The first-order valence-corrected chi connectivity index (χ1v) is 8.69. The molecule has 0 spiro atoms. The molecule has 0 radical (unpaired) electrons. The van der Waals surface area contributed by atoms with Gasteiger partial charge in [0, 0.05) is 11.7 Å². The van der Waals surface area contributed by atoms with Gasteiger partial charge in [0.15, 0.2) is 0 Å². The van der Waals surface area contributed by atoms with E-state index in [1.807, 2.05) is 0 Å². The topological polar surface area (TPSA) is 18.5 Å². The van der Waals surface area contributed by atoms with E-state index in [0.717, 1.165) is 5.28 Å². The molecule has 0 unspecified atom stereocenters. The first-order valence-electron chi connectivity index (χ1n) is 6.93. The van der Waals surface area contributed by atoms with Crippen molar-refractivity contribution in [2.75, 3.05) is 0 Å². The average Bonchev–Trinajstić information content (AvgIpc) is 2.10. The van der Waals surface area contributed by atoms with Crippen molar-refractivity contribution in [1.29, 1.82) is 0 Å². The molecule has 0 aliphatic rings. The van der Waals surface area contributed by atoms with Gasteiger partial charge in [0.25, 0.3) is 0 Å². The van der Waals surface area contributed by atoms with Crippen molar-refractivity contribution >= 4 is 14.8 Å². The van der Waals surface area contributed by atoms with Gasteiger partial charge in [-0.25, -0.2) is 0 Å². The van der Waals surface area contributed by atoms with E-state index >= 15 is 0 Å². The van der Waals surface area contributed by atoms with Crippen molar-refractivity contribution in [2.24, 2.45) is 5.41 Å². The summed E-state index contributed by atoms with van der Waals surface area (Å²) in [5.41, 5.74) is 0.0251. The lowest BCUT2D eigenvalue weighted by Gasteiger charge is -2.41. The lowest BCUT2D eigenvalue weighted by molar-refractivity contribution is -0.0275. The van der Waals surface area contributed by atoms with Gasteiger partial charge in [-0.05, 0) is 38.4 Å². The Balaban J connectivity index is 4.50. The molecule has 0 aromatic rings. The highest BCUT2D eigenvalue weighted by Gasteiger charge is 2.39. The minimum atomic E-state index is -1.53. The van der Waals surface area contributed by atoms with E-state index in [0.29, 0.717) is 0 Å². The predicted molar refractivity (Wildman–Crippen MR) is 76.3 cm³/mol. The van der Waals surface area contributed by atoms with E-state index in [9.17, 15) is 0 Å². The van der Waals surface area contributed by atoms with Gasteiger partial charge >= 0.3 is 14.8 Å². The second-order valence-corrected chi connectivity index (χ2v) is 8.58. The Morgan fingerprint density at radius 3 is 1.94 bits per heavy atom. The molecular weight excluding hydrogens is 227 g/mol. The van der Waals surface area contributed by atoms with Crippen molar-refractivity contribution in [2.45, 2.75) is 85.2 Å². The minimum absolute atomic E-state index is 0.119. The number of rotatable bonds is 7. The van der Waals surface area contributed by atoms with Crippen molar-refractivity contribution in [1.82, 2.24) is 0 Å². The van der Waals surface area contributed by atoms with Gasteiger partial charge in [-0.3, -0.25) is 0 Å². The highest BCUT2D eigenvalue weighted by atomic mass is 27.2. The third kappa shape index (κ3) is 6.82. The summed E-state index contributed by atoms with van der Waals surface area (Å²) < 4.78 is 12.3. The fourth-order valence-electron chi connectivity index (χ4n) is 1.33. The van der Waals surface area contributed by atoms with Gasteiger partial charge in [-0.2, -0.15) is 0 Å². The standard InChI is InChI=1S/C7H15O.C4H9.C3H7O.Al/c1-6(2,3)7(4,5)8;1-3-4-2;1-3(2)4;/h1-5H3;1,3-4H2,2H3;3H,1-2H3;/q-1;;-1;+2. The largest absolute Gasteiger partial charge is 0.675 e. The maximum atomic E-state index is 6.33. The third-order valence-corrected chi connectivity index (χ3v) is 6.03. The number of hydrogen-bond acceptors (Lipinski definition) is 2. The van der Waals surface area contributed by atoms with Gasteiger partial charge in [0.2, 0.25) is 0 Å². The maximum Gasteiger partial charge on any atom is 0.675 e. The molecule has 0 amide bonds. The van der Waals surface area contributed by atoms with Crippen LogP contribution in [0.25, 0.3) is 0 Å². The van der Waals surface area contributed by atoms with E-state index < -0.39 is 14.8 Å². The monoisotopic (exact) mass is 258 g/mol. The highest BCUT2D eigenvalue weighted by molar-refractivity contribution is 6.44. The van der Waals surface area contributed by atoms with E-state index in [1.54, 1.807) is 0 Å². The molecule has 0 rings (SSSR count). The van der Waals surface area contributed by atoms with Crippen LogP contribution >= 0.6 is 0 Å². The van der Waals surface area contributed by atoms with Crippen LogP contribution in [0.3, 0.4) is 0 Å². The Hall–Kier alpha value is 0.452. The van der Waals surface area contributed by atoms with E-state index in [2.05, 4.69) is 55.4 Å². The Bertz CT molecular complexity index is 207. The lowest BCUT2D eigenvalue weighted by atomic mass is 9.79. The van der Waals surface area contributed by atoms with Crippen molar-refractivity contribution < 1.29 is 7.58 Å². The molecule has 17 heavy (non-hydrogen) atoms. The first-order chi connectivity index (χ1) is 7.60. The minimum Gasteiger partial charge on any atom is -0.476 e. The quantitative estimate of drug-likeness (QED) is 0.624. The molecule has 0 heterocycles. The molecule has 0 fully saturated rings. The molecule has 0 aliphatic heterocycles. The molecule has 0 atom stereocenters. The van der Waals surface area contributed by atoms with Gasteiger partial charge in [-0.15, -0.1) is 0 Å². The molecule has 3 heteroatoms. The van der Waals surface area contributed by atoms with Crippen LogP contribution in [-0.4, -0.2) is 26.5 Å². The van der Waals surface area contributed by atoms with E-state index in [-0.39, 0.29) is 17.1 Å². The van der Waals surface area contributed by atoms with E-state index in [4.69, 9.17) is 7.58 Å². The number of unbranched alkanes of at least 4 members (excludes halogenated alkanes) is 1. The van der Waals surface area contributed by atoms with Crippen LogP contribution in [-0.2, 0) is 7.58 Å². The summed E-state index contributed by atoms with van der Waals surface area (Å²) in [4.78, 5) is 0. The van der Waals surface area contributed by atoms with Crippen molar-refractivity contribution in [3.8, 4) is 0 Å². The smallest absolute Gasteiger partial charge is 0.476 e. The van der Waals surface area contributed by atoms with Gasteiger partial charge < -0.3 is 7.58 Å². The van der Waals surface area contributed by atoms with Crippen LogP contribution in [0.15, 0.2) is 0 Å². The van der Waals surface area contributed by atoms with Crippen LogP contribution in [0.2, 0.25) is 5.28 Å². The molecule has 2 nitrogen and oxygen atoms in total. The second-order valence-electron chi connectivity index (χ2n) is 6.63. The van der Waals surface area contributed by atoms with Gasteiger partial charge in [-0.1, -0.05) is 40.5 Å². The van der Waals surface area contributed by atoms with E-state index in [1.165, 1.54) is 12.8 Å². The summed E-state index contributed by atoms with van der Waals surface area (Å²) in [6.45, 7) is 17.5. The molecule has 0 N–H and O–H groups in total. The molecule has 0 aromatic heterocycles. The first kappa shape index (κ1) is 17.5. The molecule has 0 aromatic carbocycles. The molecule has 102 valence electrons. The molecule has 0 bridgehead atoms. The van der Waals surface area contributed by atoms with Gasteiger partial charge in [0.05, 0.1) is 0 Å². The second kappa shape index (κ2) is 7.14. The molecular formula is C14H31AlO2. The van der Waals surface area contributed by atoms with Crippen LogP contribution in [0, 0.1) is 5.41 Å². The number of hydrogen-bond donors (Lipinski definition) is 0. The summed E-state index contributed by atoms with van der Waals surface area (Å²) in [5, 5.41) is 1.12. The summed E-state index contributed by atoms with van der Waals surface area (Å²) in [7, 11) is 0. The zero-order valence-corrected chi connectivity index (χ0v) is 14.2. The van der Waals surface area contributed by atoms with Crippen molar-refractivity contribution in [3.05, 3.63) is 0 Å². The lowest BCUT2D eigenvalue weighted by Crippen LogP contribution is -2.45. The average molecular weight is 258 g/mol. The Labute approximate surface area is 113 Å². The fourth-order valence-corrected chi connectivity index (χ4v) is 4.00. The Kier molecular flexibility index (Phi) is 7.33. The summed E-state index contributed by atoms with van der Waals surface area (Å²) in [6.07, 6.45) is 2.70. The SMILES string of the molecule is CCC[CH2][Al]([O]C(C)C)[O]C(C)(C)C(C)(C)C. The summed E-state index contributed by atoms with van der Waals surface area (Å²) in [5.74, 6) is 0. The zero-order valence-electron chi connectivity index (χ0n) is 13.1. The fraction of sp³-hybridized carbons (Fsp3) is 1.00. The van der Waals surface area contributed by atoms with Crippen molar-refractivity contribution in [3.63, 3.8) is 0 Å². The molecule has 0 saturated heterocycles. The summed E-state index contributed by atoms with van der Waals surface area (Å²) in [6, 6.07) is 0. The maximum absolute atomic E-state index is 6.33. The predicted octanol–water partition coefficient (Wildman–Crippen LogP) is 4.54. The van der Waals surface area contributed by atoms with Gasteiger partial charge in [0.1, 0.15) is 0 Å². The van der Waals surface area contributed by atoms with Crippen LogP contribution < -0.4 is 0 Å². The van der Waals surface area contributed by atoms with Crippen LogP contribution in [0.5, 0.6) is 0 Å². The normalized spacial score (nSPS) is 13.2. The van der Waals surface area contributed by atoms with Crippen LogP contribution in [0.1, 0.15) is 68.2 Å². The molecule has 0 saturated carbocycles. The Morgan fingerprint density at radius 1 is 1.06 bits per heavy atom. The zero-order chi connectivity index (χ0) is 13.7. The highest BCUT2D eigenvalue weighted by Crippen LogP contribution is 2.34. The third-order valence-electron chi connectivity index (χ3n) is 3.45. The Morgan fingerprint density at radius 2 is 1.59 bits per heavy atom.